The fourth-order valence-corrected chi connectivity index (χ4v) is 10.6. The van der Waals surface area contributed by atoms with Crippen LogP contribution >= 0.6 is 0 Å². The summed E-state index contributed by atoms with van der Waals surface area (Å²) >= 11 is 0. The van der Waals surface area contributed by atoms with Gasteiger partial charge in [-0.2, -0.15) is 0 Å². The van der Waals surface area contributed by atoms with Gasteiger partial charge in [-0.05, 0) is 130 Å². The lowest BCUT2D eigenvalue weighted by molar-refractivity contribution is 0.487. The molecule has 1 spiro atoms. The minimum Gasteiger partial charge on any atom is -0.456 e. The molecule has 56 heavy (non-hydrogen) atoms. The van der Waals surface area contributed by atoms with Crippen LogP contribution in [0.4, 0.5) is 0 Å². The molecule has 1 heterocycles. The zero-order valence-corrected chi connectivity index (χ0v) is 30.4. The third-order valence-corrected chi connectivity index (χ3v) is 12.9. The molecule has 10 aromatic rings. The third-order valence-electron chi connectivity index (χ3n) is 12.9. The van der Waals surface area contributed by atoms with E-state index in [-0.39, 0.29) is 0 Å². The van der Waals surface area contributed by atoms with E-state index in [9.17, 15) is 0 Å². The summed E-state index contributed by atoms with van der Waals surface area (Å²) in [5.74, 6) is 1.82. The minimum absolute atomic E-state index is 0.484. The zero-order valence-electron chi connectivity index (χ0n) is 30.4. The first-order chi connectivity index (χ1) is 27.8. The van der Waals surface area contributed by atoms with Crippen LogP contribution in [0.15, 0.2) is 194 Å². The molecule has 0 saturated heterocycles. The predicted octanol–water partition coefficient (Wildman–Crippen LogP) is 14.6. The molecule has 1 nitrogen and oxygen atoms in total. The van der Waals surface area contributed by atoms with Crippen molar-refractivity contribution in [2.45, 2.75) is 5.41 Å². The molecular formula is C55H32O. The van der Waals surface area contributed by atoms with Crippen molar-refractivity contribution in [3.63, 3.8) is 0 Å². The highest BCUT2D eigenvalue weighted by atomic mass is 16.5. The molecule has 0 atom stereocenters. The number of para-hydroxylation sites is 1. The van der Waals surface area contributed by atoms with Crippen LogP contribution in [0.3, 0.4) is 0 Å². The second kappa shape index (κ2) is 10.9. The van der Waals surface area contributed by atoms with Crippen LogP contribution in [-0.2, 0) is 5.41 Å². The summed E-state index contributed by atoms with van der Waals surface area (Å²) in [5, 5.41) is 7.44. The standard InChI is InChI=1S/C55H32O/c1-2-15-36-33(12-1)13-9-19-38(36)39-20-10-14-34-30-47-42-27-26-35(37-28-29-53-54-44(37)21-11-22-45(54)43-18-5-8-25-52(43)56-53)31-50(42)55(51(47)32-46(34)39)48-23-6-3-16-40(48)41-17-4-7-24-49(41)55/h1-32H. The topological polar surface area (TPSA) is 9.23 Å². The van der Waals surface area contributed by atoms with Crippen molar-refractivity contribution in [3.8, 4) is 67.1 Å². The maximum Gasteiger partial charge on any atom is 0.135 e. The number of rotatable bonds is 2. The van der Waals surface area contributed by atoms with Gasteiger partial charge in [0.15, 0.2) is 0 Å². The van der Waals surface area contributed by atoms with Gasteiger partial charge in [0, 0.05) is 10.9 Å². The molecule has 0 saturated carbocycles. The first kappa shape index (κ1) is 30.1. The van der Waals surface area contributed by atoms with E-state index in [0.29, 0.717) is 0 Å². The molecule has 1 aliphatic heterocycles. The Hall–Kier alpha value is -7.22. The molecule has 0 unspecified atom stereocenters. The smallest absolute Gasteiger partial charge is 0.135 e. The average Bonchev–Trinajstić information content (AvgIpc) is 3.72. The molecule has 0 fully saturated rings. The van der Waals surface area contributed by atoms with Crippen molar-refractivity contribution in [3.05, 3.63) is 216 Å². The van der Waals surface area contributed by atoms with E-state index >= 15 is 0 Å². The Kier molecular flexibility index (Phi) is 5.89. The van der Waals surface area contributed by atoms with Crippen LogP contribution in [0.5, 0.6) is 11.5 Å². The van der Waals surface area contributed by atoms with Gasteiger partial charge in [-0.25, -0.2) is 0 Å². The highest BCUT2D eigenvalue weighted by Gasteiger charge is 2.52. The van der Waals surface area contributed by atoms with Crippen molar-refractivity contribution in [1.29, 1.82) is 0 Å². The summed E-state index contributed by atoms with van der Waals surface area (Å²) in [5.41, 5.74) is 17.4. The Balaban J connectivity index is 1.11. The highest BCUT2D eigenvalue weighted by Crippen LogP contribution is 2.64. The van der Waals surface area contributed by atoms with E-state index in [1.165, 1.54) is 105 Å². The lowest BCUT2D eigenvalue weighted by Crippen LogP contribution is -2.26. The largest absolute Gasteiger partial charge is 0.456 e. The van der Waals surface area contributed by atoms with Gasteiger partial charge in [-0.3, -0.25) is 0 Å². The quantitative estimate of drug-likeness (QED) is 0.174. The van der Waals surface area contributed by atoms with Gasteiger partial charge < -0.3 is 4.74 Å². The normalized spacial score (nSPS) is 13.6. The van der Waals surface area contributed by atoms with E-state index in [2.05, 4.69) is 188 Å². The molecule has 0 bridgehead atoms. The summed E-state index contributed by atoms with van der Waals surface area (Å²) in [4.78, 5) is 0. The number of benzene rings is 10. The Morgan fingerprint density at radius 3 is 1.70 bits per heavy atom. The molecule has 3 aliphatic rings. The second-order valence-corrected chi connectivity index (χ2v) is 15.5. The third kappa shape index (κ3) is 3.79. The number of fused-ring (bicyclic) bond motifs is 14. The number of hydrogen-bond acceptors (Lipinski definition) is 1. The van der Waals surface area contributed by atoms with E-state index in [1.54, 1.807) is 0 Å². The van der Waals surface area contributed by atoms with Crippen LogP contribution in [-0.4, -0.2) is 0 Å². The first-order valence-corrected chi connectivity index (χ1v) is 19.5. The van der Waals surface area contributed by atoms with Gasteiger partial charge in [0.2, 0.25) is 0 Å². The lowest BCUT2D eigenvalue weighted by Gasteiger charge is -2.31. The maximum absolute atomic E-state index is 6.51. The minimum atomic E-state index is -0.484. The van der Waals surface area contributed by atoms with Gasteiger partial charge in [0.05, 0.1) is 5.41 Å². The van der Waals surface area contributed by atoms with Crippen molar-refractivity contribution in [2.24, 2.45) is 0 Å². The molecule has 13 rings (SSSR count). The first-order valence-electron chi connectivity index (χ1n) is 19.5. The zero-order chi connectivity index (χ0) is 36.5. The fraction of sp³-hybridized carbons (Fsp3) is 0.0182. The fourth-order valence-electron chi connectivity index (χ4n) is 10.6. The molecule has 1 heteroatoms. The monoisotopic (exact) mass is 708 g/mol. The van der Waals surface area contributed by atoms with Gasteiger partial charge in [-0.15, -0.1) is 0 Å². The van der Waals surface area contributed by atoms with Crippen LogP contribution in [0.1, 0.15) is 22.3 Å². The summed E-state index contributed by atoms with van der Waals surface area (Å²) in [6.07, 6.45) is 0. The van der Waals surface area contributed by atoms with Crippen LogP contribution in [0.2, 0.25) is 0 Å². The lowest BCUT2D eigenvalue weighted by atomic mass is 9.70. The summed E-state index contributed by atoms with van der Waals surface area (Å²) in [6, 6.07) is 72.2. The Labute approximate surface area is 324 Å². The Bertz CT molecular complexity index is 3300. The highest BCUT2D eigenvalue weighted by molar-refractivity contribution is 6.11. The number of ether oxygens (including phenoxy) is 1. The van der Waals surface area contributed by atoms with Gasteiger partial charge in [0.1, 0.15) is 11.5 Å². The van der Waals surface area contributed by atoms with Crippen molar-refractivity contribution in [2.75, 3.05) is 0 Å². The van der Waals surface area contributed by atoms with Crippen LogP contribution < -0.4 is 4.74 Å². The molecular weight excluding hydrogens is 677 g/mol. The molecule has 0 radical (unpaired) electrons. The summed E-state index contributed by atoms with van der Waals surface area (Å²) < 4.78 is 6.51. The Morgan fingerprint density at radius 2 is 0.857 bits per heavy atom. The van der Waals surface area contributed by atoms with Gasteiger partial charge >= 0.3 is 0 Å². The molecule has 258 valence electrons. The van der Waals surface area contributed by atoms with Gasteiger partial charge in [0.25, 0.3) is 0 Å². The van der Waals surface area contributed by atoms with Crippen LogP contribution in [0.25, 0.3) is 88.0 Å². The maximum atomic E-state index is 6.51. The van der Waals surface area contributed by atoms with Crippen LogP contribution in [0, 0.1) is 0 Å². The average molecular weight is 709 g/mol. The predicted molar refractivity (Wildman–Crippen MR) is 232 cm³/mol. The van der Waals surface area contributed by atoms with Crippen molar-refractivity contribution >= 4 is 32.3 Å². The van der Waals surface area contributed by atoms with E-state index in [1.807, 2.05) is 6.07 Å². The molecule has 0 N–H and O–H groups in total. The Morgan fingerprint density at radius 1 is 0.286 bits per heavy atom. The SMILES string of the molecule is c1ccc2c(c1)Oc1ccc(-c3ccc4c(c3)C3(c5ccccc5-c5ccccc53)c3cc5c(-c6cccc7ccccc67)cccc5cc3-4)c3cccc-2c13. The van der Waals surface area contributed by atoms with E-state index < -0.39 is 5.41 Å². The molecule has 0 amide bonds. The van der Waals surface area contributed by atoms with Crippen molar-refractivity contribution in [1.82, 2.24) is 0 Å². The second-order valence-electron chi connectivity index (χ2n) is 15.5. The van der Waals surface area contributed by atoms with Crippen molar-refractivity contribution < 1.29 is 4.74 Å². The summed E-state index contributed by atoms with van der Waals surface area (Å²) in [6.45, 7) is 0. The molecule has 0 aromatic heterocycles. The molecule has 2 aliphatic carbocycles. The molecule has 10 aromatic carbocycles. The summed E-state index contributed by atoms with van der Waals surface area (Å²) in [7, 11) is 0. The van der Waals surface area contributed by atoms with Gasteiger partial charge in [-0.1, -0.05) is 164 Å². The number of hydrogen-bond donors (Lipinski definition) is 0. The van der Waals surface area contributed by atoms with E-state index in [0.717, 1.165) is 17.1 Å². The van der Waals surface area contributed by atoms with E-state index in [4.69, 9.17) is 4.74 Å².